The number of hydrogen-bond acceptors (Lipinski definition) is 6. The van der Waals surface area contributed by atoms with Gasteiger partial charge in [0.2, 0.25) is 0 Å². The molecule has 1 atom stereocenters. The van der Waals surface area contributed by atoms with Crippen LogP contribution in [-0.4, -0.2) is 37.2 Å². The van der Waals surface area contributed by atoms with E-state index in [4.69, 9.17) is 14.2 Å². The third-order valence-corrected chi connectivity index (χ3v) is 11.4. The van der Waals surface area contributed by atoms with Crippen LogP contribution in [0.3, 0.4) is 0 Å². The molecule has 0 N–H and O–H groups in total. The Labute approximate surface area is 407 Å². The van der Waals surface area contributed by atoms with Crippen LogP contribution < -0.4 is 0 Å². The van der Waals surface area contributed by atoms with Crippen molar-refractivity contribution in [1.29, 1.82) is 0 Å². The van der Waals surface area contributed by atoms with Gasteiger partial charge in [0.1, 0.15) is 13.2 Å². The molecular formula is C60H100O6. The molecule has 0 heterocycles. The maximum atomic E-state index is 12.8. The third kappa shape index (κ3) is 51.3. The first kappa shape index (κ1) is 62.3. The molecular weight excluding hydrogens is 817 g/mol. The molecule has 0 bridgehead atoms. The summed E-state index contributed by atoms with van der Waals surface area (Å²) in [4.78, 5) is 38.0. The molecule has 66 heavy (non-hydrogen) atoms. The monoisotopic (exact) mass is 917 g/mol. The summed E-state index contributed by atoms with van der Waals surface area (Å²) in [6.07, 6.45) is 71.0. The van der Waals surface area contributed by atoms with Crippen LogP contribution in [0.15, 0.2) is 97.2 Å². The van der Waals surface area contributed by atoms with Gasteiger partial charge in [-0.3, -0.25) is 14.4 Å². The van der Waals surface area contributed by atoms with Crippen molar-refractivity contribution in [2.75, 3.05) is 13.2 Å². The number of rotatable bonds is 48. The van der Waals surface area contributed by atoms with Crippen molar-refractivity contribution in [3.63, 3.8) is 0 Å². The minimum absolute atomic E-state index is 0.0998. The van der Waals surface area contributed by atoms with Crippen LogP contribution in [0.5, 0.6) is 0 Å². The predicted octanol–water partition coefficient (Wildman–Crippen LogP) is 18.1. The molecule has 0 aromatic carbocycles. The lowest BCUT2D eigenvalue weighted by atomic mass is 10.1. The Bertz CT molecular complexity index is 1330. The standard InChI is InChI=1S/C60H100O6/c1-4-7-10-13-16-19-22-24-26-28-30-32-33-35-38-41-44-47-50-53-59(62)65-56-57(55-64-58(61)52-49-46-43-40-37-21-18-15-12-9-6-3)66-60(63)54-51-48-45-42-39-36-34-31-29-27-25-23-20-17-14-11-8-5-2/h11,14-15,17-18,20-21,23,25,27-31,34,37,57H,4-10,12-13,16,19,22,24,26,32-33,35-36,38-56H2,1-3H3/b14-11-,18-15-,20-17-,25-23-,29-27-,30-28-,34-31-,37-21-. The number of carbonyl (C=O) groups is 3. The van der Waals surface area contributed by atoms with Crippen molar-refractivity contribution in [2.45, 2.75) is 252 Å². The van der Waals surface area contributed by atoms with Gasteiger partial charge in [-0.15, -0.1) is 0 Å². The second-order valence-electron chi connectivity index (χ2n) is 17.9. The zero-order valence-corrected chi connectivity index (χ0v) is 42.9. The smallest absolute Gasteiger partial charge is 0.306 e. The molecule has 0 rings (SSSR count). The summed E-state index contributed by atoms with van der Waals surface area (Å²) in [5, 5.41) is 0. The van der Waals surface area contributed by atoms with Gasteiger partial charge in [0.05, 0.1) is 0 Å². The maximum absolute atomic E-state index is 12.8. The van der Waals surface area contributed by atoms with Crippen LogP contribution in [0.1, 0.15) is 245 Å². The van der Waals surface area contributed by atoms with Crippen LogP contribution in [0, 0.1) is 0 Å². The van der Waals surface area contributed by atoms with Gasteiger partial charge in [0, 0.05) is 19.3 Å². The van der Waals surface area contributed by atoms with E-state index in [2.05, 4.69) is 93.7 Å². The highest BCUT2D eigenvalue weighted by atomic mass is 16.6. The molecule has 1 unspecified atom stereocenters. The summed E-state index contributed by atoms with van der Waals surface area (Å²) in [7, 11) is 0. The Morgan fingerprint density at radius 3 is 1.03 bits per heavy atom. The average molecular weight is 917 g/mol. The second kappa shape index (κ2) is 53.9. The Balaban J connectivity index is 4.43. The molecule has 6 heteroatoms. The minimum atomic E-state index is -0.804. The number of esters is 3. The van der Waals surface area contributed by atoms with Gasteiger partial charge < -0.3 is 14.2 Å². The molecule has 0 aromatic rings. The van der Waals surface area contributed by atoms with Gasteiger partial charge in [-0.05, 0) is 83.5 Å². The molecule has 0 aliphatic rings. The topological polar surface area (TPSA) is 78.9 Å². The number of hydrogen-bond donors (Lipinski definition) is 0. The van der Waals surface area contributed by atoms with E-state index in [0.29, 0.717) is 19.3 Å². The molecule has 0 aliphatic heterocycles. The van der Waals surface area contributed by atoms with E-state index >= 15 is 0 Å². The van der Waals surface area contributed by atoms with Crippen LogP contribution in [0.4, 0.5) is 0 Å². The molecule has 0 radical (unpaired) electrons. The zero-order chi connectivity index (χ0) is 47.9. The summed E-state index contributed by atoms with van der Waals surface area (Å²) in [6, 6.07) is 0. The van der Waals surface area contributed by atoms with Gasteiger partial charge in [-0.25, -0.2) is 0 Å². The summed E-state index contributed by atoms with van der Waals surface area (Å²) in [6.45, 7) is 6.45. The molecule has 0 spiro atoms. The van der Waals surface area contributed by atoms with Crippen LogP contribution >= 0.6 is 0 Å². The van der Waals surface area contributed by atoms with Crippen molar-refractivity contribution in [3.8, 4) is 0 Å². The molecule has 376 valence electrons. The first-order chi connectivity index (χ1) is 32.5. The van der Waals surface area contributed by atoms with Crippen molar-refractivity contribution in [3.05, 3.63) is 97.2 Å². The van der Waals surface area contributed by atoms with Crippen LogP contribution in [-0.2, 0) is 28.6 Å². The fourth-order valence-electron chi connectivity index (χ4n) is 7.27. The summed E-state index contributed by atoms with van der Waals surface area (Å²) < 4.78 is 16.8. The lowest BCUT2D eigenvalue weighted by molar-refractivity contribution is -0.167. The Morgan fingerprint density at radius 2 is 0.606 bits per heavy atom. The average Bonchev–Trinajstić information content (AvgIpc) is 3.31. The van der Waals surface area contributed by atoms with E-state index in [-0.39, 0.29) is 31.1 Å². The Morgan fingerprint density at radius 1 is 0.303 bits per heavy atom. The van der Waals surface area contributed by atoms with Crippen molar-refractivity contribution in [2.24, 2.45) is 0 Å². The number of ether oxygens (including phenoxy) is 3. The van der Waals surface area contributed by atoms with E-state index in [1.165, 1.54) is 109 Å². The number of carbonyl (C=O) groups excluding carboxylic acids is 3. The normalized spacial score (nSPS) is 12.8. The van der Waals surface area contributed by atoms with Crippen molar-refractivity contribution < 1.29 is 28.6 Å². The molecule has 0 saturated carbocycles. The lowest BCUT2D eigenvalue weighted by Gasteiger charge is -2.18. The first-order valence-corrected chi connectivity index (χ1v) is 27.3. The summed E-state index contributed by atoms with van der Waals surface area (Å²) in [5.41, 5.74) is 0. The van der Waals surface area contributed by atoms with Gasteiger partial charge in [0.25, 0.3) is 0 Å². The van der Waals surface area contributed by atoms with Crippen LogP contribution in [0.25, 0.3) is 0 Å². The van der Waals surface area contributed by atoms with E-state index < -0.39 is 6.10 Å². The maximum Gasteiger partial charge on any atom is 0.306 e. The predicted molar refractivity (Wildman–Crippen MR) is 284 cm³/mol. The lowest BCUT2D eigenvalue weighted by Crippen LogP contribution is -2.30. The second-order valence-corrected chi connectivity index (χ2v) is 17.9. The molecule has 0 aromatic heterocycles. The molecule has 0 saturated heterocycles. The highest BCUT2D eigenvalue weighted by Crippen LogP contribution is 2.14. The molecule has 0 fully saturated rings. The van der Waals surface area contributed by atoms with Gasteiger partial charge >= 0.3 is 17.9 Å². The van der Waals surface area contributed by atoms with E-state index in [0.717, 1.165) is 96.3 Å². The van der Waals surface area contributed by atoms with E-state index in [1.807, 2.05) is 24.3 Å². The van der Waals surface area contributed by atoms with Gasteiger partial charge in [-0.2, -0.15) is 0 Å². The SMILES string of the molecule is CCC\C=C/C=C\C=C/C=C\C=C/CCCCCCCC(=O)OC(COC(=O)CCCCC/C=C\C=C/CCCC)COC(=O)CCCCCCCCC/C=C\CCCCCCCCCC. The van der Waals surface area contributed by atoms with E-state index in [1.54, 1.807) is 0 Å². The third-order valence-electron chi connectivity index (χ3n) is 11.4. The first-order valence-electron chi connectivity index (χ1n) is 27.3. The number of unbranched alkanes of at least 4 members (excludes halogenated alkanes) is 26. The van der Waals surface area contributed by atoms with Gasteiger partial charge in [-0.1, -0.05) is 240 Å². The quantitative estimate of drug-likeness (QED) is 0.0199. The molecule has 6 nitrogen and oxygen atoms in total. The molecule has 0 aliphatic carbocycles. The van der Waals surface area contributed by atoms with Crippen LogP contribution in [0.2, 0.25) is 0 Å². The van der Waals surface area contributed by atoms with Gasteiger partial charge in [0.15, 0.2) is 6.10 Å². The fraction of sp³-hybridized carbons (Fsp3) is 0.683. The summed E-state index contributed by atoms with van der Waals surface area (Å²) in [5.74, 6) is -0.959. The van der Waals surface area contributed by atoms with E-state index in [9.17, 15) is 14.4 Å². The van der Waals surface area contributed by atoms with Crippen molar-refractivity contribution >= 4 is 17.9 Å². The fourth-order valence-corrected chi connectivity index (χ4v) is 7.27. The number of allylic oxidation sites excluding steroid dienone is 16. The highest BCUT2D eigenvalue weighted by molar-refractivity contribution is 5.71. The van der Waals surface area contributed by atoms with Crippen molar-refractivity contribution in [1.82, 2.24) is 0 Å². The molecule has 0 amide bonds. The zero-order valence-electron chi connectivity index (χ0n) is 42.9. The largest absolute Gasteiger partial charge is 0.462 e. The summed E-state index contributed by atoms with van der Waals surface area (Å²) >= 11 is 0. The highest BCUT2D eigenvalue weighted by Gasteiger charge is 2.19. The minimum Gasteiger partial charge on any atom is -0.462 e. The Hall–Kier alpha value is -3.67. The Kier molecular flexibility index (Phi) is 50.9.